The number of nitrogens with one attached hydrogen (secondary N) is 1. The first-order chi connectivity index (χ1) is 7.37. The zero-order valence-electron chi connectivity index (χ0n) is 10.3. The Hall–Kier alpha value is -0.130. The lowest BCUT2D eigenvalue weighted by atomic mass is 10.0. The fraction of sp³-hybridized carbons (Fsp3) is 1.00. The summed E-state index contributed by atoms with van der Waals surface area (Å²) in [5.74, 6) is 0.557. The monoisotopic (exact) mass is 248 g/mol. The topological polar surface area (TPSA) is 72.2 Å². The fourth-order valence-corrected chi connectivity index (χ4v) is 4.22. The van der Waals surface area contributed by atoms with E-state index in [1.54, 1.807) is 0 Å². The van der Waals surface area contributed by atoms with Gasteiger partial charge in [-0.1, -0.05) is 19.8 Å². The van der Waals surface area contributed by atoms with Crippen molar-refractivity contribution in [3.8, 4) is 0 Å². The summed E-state index contributed by atoms with van der Waals surface area (Å²) in [6, 6.07) is 0.139. The van der Waals surface area contributed by atoms with Crippen LogP contribution in [0.2, 0.25) is 0 Å². The van der Waals surface area contributed by atoms with E-state index in [-0.39, 0.29) is 17.3 Å². The summed E-state index contributed by atoms with van der Waals surface area (Å²) < 4.78 is 22.8. The largest absolute Gasteiger partial charge is 0.327 e. The van der Waals surface area contributed by atoms with Crippen LogP contribution in [-0.4, -0.2) is 38.0 Å². The molecule has 16 heavy (non-hydrogen) atoms. The van der Waals surface area contributed by atoms with Crippen LogP contribution in [0.1, 0.15) is 39.5 Å². The molecule has 0 aromatic rings. The first-order valence-corrected chi connectivity index (χ1v) is 7.90. The molecule has 1 heterocycles. The molecule has 1 aliphatic heterocycles. The van der Waals surface area contributed by atoms with E-state index >= 15 is 0 Å². The smallest absolute Gasteiger partial charge is 0.152 e. The zero-order chi connectivity index (χ0) is 12.2. The van der Waals surface area contributed by atoms with E-state index in [0.717, 1.165) is 19.3 Å². The van der Waals surface area contributed by atoms with Crippen molar-refractivity contribution >= 4 is 9.84 Å². The molecule has 0 amide bonds. The molecule has 0 aromatic heterocycles. The minimum Gasteiger partial charge on any atom is -0.327 e. The lowest BCUT2D eigenvalue weighted by Crippen LogP contribution is -2.48. The van der Waals surface area contributed by atoms with E-state index in [1.807, 2.05) is 6.92 Å². The number of rotatable bonds is 6. The number of hydrogen-bond donors (Lipinski definition) is 2. The first-order valence-electron chi connectivity index (χ1n) is 6.08. The van der Waals surface area contributed by atoms with Crippen LogP contribution in [0.5, 0.6) is 0 Å². The third-order valence-electron chi connectivity index (χ3n) is 3.22. The van der Waals surface area contributed by atoms with Crippen molar-refractivity contribution in [3.05, 3.63) is 0 Å². The summed E-state index contributed by atoms with van der Waals surface area (Å²) >= 11 is 0. The van der Waals surface area contributed by atoms with Crippen molar-refractivity contribution in [3.63, 3.8) is 0 Å². The Kier molecular flexibility index (Phi) is 4.76. The number of hydrogen-bond acceptors (Lipinski definition) is 4. The van der Waals surface area contributed by atoms with Gasteiger partial charge in [0.25, 0.3) is 0 Å². The van der Waals surface area contributed by atoms with E-state index in [1.165, 1.54) is 0 Å². The highest BCUT2D eigenvalue weighted by atomic mass is 32.2. The molecular formula is C11H24N2O2S. The molecule has 1 aliphatic rings. The van der Waals surface area contributed by atoms with Crippen LogP contribution in [0.3, 0.4) is 0 Å². The Morgan fingerprint density at radius 1 is 1.50 bits per heavy atom. The van der Waals surface area contributed by atoms with Gasteiger partial charge in [0.1, 0.15) is 0 Å². The predicted molar refractivity (Wildman–Crippen MR) is 67.2 cm³/mol. The van der Waals surface area contributed by atoms with Gasteiger partial charge < -0.3 is 11.1 Å². The third kappa shape index (κ3) is 4.39. The Balaban J connectivity index is 2.32. The number of sulfone groups is 1. The van der Waals surface area contributed by atoms with Crippen molar-refractivity contribution in [2.75, 3.05) is 18.1 Å². The van der Waals surface area contributed by atoms with Gasteiger partial charge >= 0.3 is 0 Å². The van der Waals surface area contributed by atoms with Crippen molar-refractivity contribution in [1.29, 1.82) is 0 Å². The molecule has 5 heteroatoms. The quantitative estimate of drug-likeness (QED) is 0.725. The van der Waals surface area contributed by atoms with Crippen molar-refractivity contribution in [2.24, 2.45) is 5.73 Å². The lowest BCUT2D eigenvalue weighted by Gasteiger charge is -2.26. The molecule has 0 aliphatic carbocycles. The van der Waals surface area contributed by atoms with Crippen LogP contribution < -0.4 is 11.1 Å². The minimum absolute atomic E-state index is 0.139. The summed E-state index contributed by atoms with van der Waals surface area (Å²) in [5.41, 5.74) is 5.69. The zero-order valence-corrected chi connectivity index (χ0v) is 11.1. The van der Waals surface area contributed by atoms with Crippen LogP contribution in [0, 0.1) is 0 Å². The van der Waals surface area contributed by atoms with Gasteiger partial charge in [-0.05, 0) is 19.8 Å². The molecule has 0 saturated carbocycles. The SMILES string of the molecule is CCCCC(N)CNC1(C)CCS(=O)(=O)C1. The molecule has 3 N–H and O–H groups in total. The second kappa shape index (κ2) is 5.47. The average Bonchev–Trinajstić information content (AvgIpc) is 2.48. The van der Waals surface area contributed by atoms with Gasteiger partial charge in [0.15, 0.2) is 9.84 Å². The van der Waals surface area contributed by atoms with Crippen LogP contribution in [0.4, 0.5) is 0 Å². The molecule has 96 valence electrons. The predicted octanol–water partition coefficient (Wildman–Crippen LogP) is 0.671. The molecule has 0 radical (unpaired) electrons. The standard InChI is InChI=1S/C11H24N2O2S/c1-3-4-5-10(12)8-13-11(2)6-7-16(14,15)9-11/h10,13H,3-9,12H2,1-2H3. The second-order valence-electron chi connectivity index (χ2n) is 5.19. The summed E-state index contributed by atoms with van der Waals surface area (Å²) in [4.78, 5) is 0. The van der Waals surface area contributed by atoms with Crippen LogP contribution >= 0.6 is 0 Å². The minimum atomic E-state index is -2.82. The highest BCUT2D eigenvalue weighted by Gasteiger charge is 2.37. The van der Waals surface area contributed by atoms with Crippen molar-refractivity contribution in [1.82, 2.24) is 5.32 Å². The molecule has 2 atom stereocenters. The Morgan fingerprint density at radius 3 is 2.69 bits per heavy atom. The molecular weight excluding hydrogens is 224 g/mol. The molecule has 1 fully saturated rings. The van der Waals surface area contributed by atoms with Gasteiger partial charge in [-0.25, -0.2) is 8.42 Å². The van der Waals surface area contributed by atoms with Gasteiger partial charge in [-0.3, -0.25) is 0 Å². The molecule has 0 bridgehead atoms. The third-order valence-corrected chi connectivity index (χ3v) is 5.13. The molecule has 1 saturated heterocycles. The Labute approximate surface area is 98.9 Å². The van der Waals surface area contributed by atoms with E-state index in [4.69, 9.17) is 5.73 Å². The van der Waals surface area contributed by atoms with Crippen LogP contribution in [-0.2, 0) is 9.84 Å². The summed E-state index contributed by atoms with van der Waals surface area (Å²) in [6.45, 7) is 4.83. The number of nitrogens with two attached hydrogens (primary N) is 1. The maximum atomic E-state index is 11.4. The van der Waals surface area contributed by atoms with Gasteiger partial charge in [0, 0.05) is 18.1 Å². The maximum absolute atomic E-state index is 11.4. The van der Waals surface area contributed by atoms with Crippen molar-refractivity contribution in [2.45, 2.75) is 51.1 Å². The summed E-state index contributed by atoms with van der Waals surface area (Å²) in [5, 5.41) is 3.32. The fourth-order valence-electron chi connectivity index (χ4n) is 2.10. The Morgan fingerprint density at radius 2 is 2.19 bits per heavy atom. The Bertz CT molecular complexity index is 316. The van der Waals surface area contributed by atoms with Gasteiger partial charge in [0.05, 0.1) is 11.5 Å². The average molecular weight is 248 g/mol. The van der Waals surface area contributed by atoms with Gasteiger partial charge in [-0.2, -0.15) is 0 Å². The van der Waals surface area contributed by atoms with E-state index in [0.29, 0.717) is 18.7 Å². The molecule has 0 spiro atoms. The summed E-state index contributed by atoms with van der Waals surface area (Å²) in [6.07, 6.45) is 4.00. The van der Waals surface area contributed by atoms with E-state index in [2.05, 4.69) is 12.2 Å². The normalized spacial score (nSPS) is 30.4. The summed E-state index contributed by atoms with van der Waals surface area (Å²) in [7, 11) is -2.82. The second-order valence-corrected chi connectivity index (χ2v) is 7.37. The highest BCUT2D eigenvalue weighted by Crippen LogP contribution is 2.22. The lowest BCUT2D eigenvalue weighted by molar-refractivity contribution is 0.373. The van der Waals surface area contributed by atoms with Gasteiger partial charge in [-0.15, -0.1) is 0 Å². The maximum Gasteiger partial charge on any atom is 0.152 e. The van der Waals surface area contributed by atoms with Crippen LogP contribution in [0.15, 0.2) is 0 Å². The van der Waals surface area contributed by atoms with E-state index in [9.17, 15) is 8.42 Å². The molecule has 4 nitrogen and oxygen atoms in total. The molecule has 0 aromatic carbocycles. The molecule has 2 unspecified atom stereocenters. The van der Waals surface area contributed by atoms with E-state index < -0.39 is 9.84 Å². The number of unbranched alkanes of at least 4 members (excludes halogenated alkanes) is 1. The molecule has 1 rings (SSSR count). The van der Waals surface area contributed by atoms with Gasteiger partial charge in [0.2, 0.25) is 0 Å². The highest BCUT2D eigenvalue weighted by molar-refractivity contribution is 7.91. The van der Waals surface area contributed by atoms with Crippen molar-refractivity contribution < 1.29 is 8.42 Å². The first kappa shape index (κ1) is 13.9. The van der Waals surface area contributed by atoms with Crippen LogP contribution in [0.25, 0.3) is 0 Å².